The van der Waals surface area contributed by atoms with Crippen LogP contribution in [0, 0.1) is 11.8 Å². The molecular weight excluding hydrogens is 304 g/mol. The van der Waals surface area contributed by atoms with Crippen molar-refractivity contribution in [2.75, 3.05) is 6.61 Å². The van der Waals surface area contributed by atoms with Gasteiger partial charge in [0.15, 0.2) is 0 Å². The van der Waals surface area contributed by atoms with Crippen LogP contribution in [-0.2, 0) is 0 Å². The van der Waals surface area contributed by atoms with Crippen molar-refractivity contribution in [2.24, 2.45) is 11.8 Å². The first-order valence-corrected chi connectivity index (χ1v) is 8.04. The van der Waals surface area contributed by atoms with Gasteiger partial charge in [0.1, 0.15) is 5.75 Å². The summed E-state index contributed by atoms with van der Waals surface area (Å²) in [6.45, 7) is 2.94. The van der Waals surface area contributed by atoms with Gasteiger partial charge in [0.25, 0.3) is 0 Å². The maximum Gasteiger partial charge on any atom is 0.119 e. The molecule has 0 aromatic heterocycles. The third kappa shape index (κ3) is 4.50. The molecule has 0 aliphatic heterocycles. The standard InChI is InChI=1S/C16H23BrO2/c1-2-12-3-8-16(18)13(11-12)9-10-19-15-6-4-14(17)5-7-15/h4-7,12-13,16,18H,2-3,8-11H2,1H3. The highest BCUT2D eigenvalue weighted by molar-refractivity contribution is 9.10. The Kier molecular flexibility index (Phi) is 5.71. The Bertz CT molecular complexity index is 377. The molecule has 2 nitrogen and oxygen atoms in total. The second-order valence-corrected chi connectivity index (χ2v) is 6.42. The molecule has 1 aliphatic carbocycles. The number of benzene rings is 1. The predicted octanol–water partition coefficient (Wildman–Crippen LogP) is 4.41. The average molecular weight is 327 g/mol. The normalized spacial score (nSPS) is 27.2. The minimum atomic E-state index is -0.128. The summed E-state index contributed by atoms with van der Waals surface area (Å²) < 4.78 is 6.81. The molecular formula is C16H23BrO2. The summed E-state index contributed by atoms with van der Waals surface area (Å²) in [7, 11) is 0. The first-order chi connectivity index (χ1) is 9.19. The summed E-state index contributed by atoms with van der Waals surface area (Å²) >= 11 is 3.41. The number of rotatable bonds is 5. The summed E-state index contributed by atoms with van der Waals surface area (Å²) in [5.74, 6) is 2.11. The average Bonchev–Trinajstić information content (AvgIpc) is 2.43. The quantitative estimate of drug-likeness (QED) is 0.868. The molecule has 1 saturated carbocycles. The lowest BCUT2D eigenvalue weighted by Gasteiger charge is -2.32. The van der Waals surface area contributed by atoms with E-state index in [0.717, 1.165) is 35.4 Å². The zero-order chi connectivity index (χ0) is 13.7. The van der Waals surface area contributed by atoms with Crippen molar-refractivity contribution in [1.82, 2.24) is 0 Å². The number of aliphatic hydroxyl groups excluding tert-OH is 1. The number of halogens is 1. The van der Waals surface area contributed by atoms with E-state index in [1.54, 1.807) is 0 Å². The molecule has 1 aliphatic rings. The lowest BCUT2D eigenvalue weighted by molar-refractivity contribution is 0.0361. The van der Waals surface area contributed by atoms with Crippen molar-refractivity contribution >= 4 is 15.9 Å². The molecule has 1 aromatic rings. The highest BCUT2D eigenvalue weighted by Crippen LogP contribution is 2.33. The maximum absolute atomic E-state index is 10.1. The number of hydrogen-bond acceptors (Lipinski definition) is 2. The summed E-state index contributed by atoms with van der Waals surface area (Å²) in [5, 5.41) is 10.1. The van der Waals surface area contributed by atoms with Crippen LogP contribution in [0.2, 0.25) is 0 Å². The Hall–Kier alpha value is -0.540. The third-order valence-corrected chi connectivity index (χ3v) is 4.73. The van der Waals surface area contributed by atoms with Crippen LogP contribution < -0.4 is 4.74 Å². The van der Waals surface area contributed by atoms with E-state index in [1.165, 1.54) is 12.8 Å². The third-order valence-electron chi connectivity index (χ3n) is 4.20. The van der Waals surface area contributed by atoms with E-state index in [2.05, 4.69) is 22.9 Å². The molecule has 1 aromatic carbocycles. The molecule has 2 rings (SSSR count). The van der Waals surface area contributed by atoms with Gasteiger partial charge in [-0.3, -0.25) is 0 Å². The van der Waals surface area contributed by atoms with Gasteiger partial charge < -0.3 is 9.84 Å². The Morgan fingerprint density at radius 3 is 2.68 bits per heavy atom. The minimum absolute atomic E-state index is 0.128. The fourth-order valence-corrected chi connectivity index (χ4v) is 3.15. The highest BCUT2D eigenvalue weighted by Gasteiger charge is 2.27. The number of hydrogen-bond donors (Lipinski definition) is 1. The van der Waals surface area contributed by atoms with Crippen LogP contribution in [-0.4, -0.2) is 17.8 Å². The number of ether oxygens (including phenoxy) is 1. The molecule has 0 radical (unpaired) electrons. The Balaban J connectivity index is 1.76. The SMILES string of the molecule is CCC1CCC(O)C(CCOc2ccc(Br)cc2)C1. The molecule has 0 spiro atoms. The van der Waals surface area contributed by atoms with Gasteiger partial charge in [-0.05, 0) is 61.8 Å². The van der Waals surface area contributed by atoms with E-state index in [-0.39, 0.29) is 6.10 Å². The van der Waals surface area contributed by atoms with Crippen molar-refractivity contribution in [3.63, 3.8) is 0 Å². The summed E-state index contributed by atoms with van der Waals surface area (Å²) in [5.41, 5.74) is 0. The Morgan fingerprint density at radius 1 is 1.26 bits per heavy atom. The molecule has 0 heterocycles. The van der Waals surface area contributed by atoms with Gasteiger partial charge in [-0.15, -0.1) is 0 Å². The second-order valence-electron chi connectivity index (χ2n) is 5.51. The molecule has 0 amide bonds. The van der Waals surface area contributed by atoms with Crippen LogP contribution in [0.3, 0.4) is 0 Å². The van der Waals surface area contributed by atoms with Crippen molar-refractivity contribution in [3.8, 4) is 5.75 Å². The minimum Gasteiger partial charge on any atom is -0.494 e. The zero-order valence-electron chi connectivity index (χ0n) is 11.5. The molecule has 1 fully saturated rings. The summed E-state index contributed by atoms with van der Waals surface area (Å²) in [6.07, 6.45) is 5.35. The van der Waals surface area contributed by atoms with E-state index in [4.69, 9.17) is 4.74 Å². The van der Waals surface area contributed by atoms with Crippen molar-refractivity contribution < 1.29 is 9.84 Å². The smallest absolute Gasteiger partial charge is 0.119 e. The highest BCUT2D eigenvalue weighted by atomic mass is 79.9. The van der Waals surface area contributed by atoms with Gasteiger partial charge in [0.2, 0.25) is 0 Å². The number of aliphatic hydroxyl groups is 1. The van der Waals surface area contributed by atoms with Crippen molar-refractivity contribution in [3.05, 3.63) is 28.7 Å². The van der Waals surface area contributed by atoms with E-state index in [9.17, 15) is 5.11 Å². The zero-order valence-corrected chi connectivity index (χ0v) is 13.1. The van der Waals surface area contributed by atoms with Crippen LogP contribution in [0.5, 0.6) is 5.75 Å². The molecule has 3 unspecified atom stereocenters. The van der Waals surface area contributed by atoms with Gasteiger partial charge in [-0.2, -0.15) is 0 Å². The molecule has 0 bridgehead atoms. The molecule has 3 heteroatoms. The summed E-state index contributed by atoms with van der Waals surface area (Å²) in [4.78, 5) is 0. The van der Waals surface area contributed by atoms with E-state index >= 15 is 0 Å². The first kappa shape index (κ1) is 14.9. The predicted molar refractivity (Wildman–Crippen MR) is 81.4 cm³/mol. The fraction of sp³-hybridized carbons (Fsp3) is 0.625. The summed E-state index contributed by atoms with van der Waals surface area (Å²) in [6, 6.07) is 7.91. The first-order valence-electron chi connectivity index (χ1n) is 7.25. The lowest BCUT2D eigenvalue weighted by Crippen LogP contribution is -2.30. The van der Waals surface area contributed by atoms with Crippen LogP contribution in [0.4, 0.5) is 0 Å². The van der Waals surface area contributed by atoms with E-state index in [0.29, 0.717) is 12.5 Å². The molecule has 3 atom stereocenters. The molecule has 106 valence electrons. The van der Waals surface area contributed by atoms with Gasteiger partial charge in [0.05, 0.1) is 12.7 Å². The van der Waals surface area contributed by atoms with Gasteiger partial charge in [0, 0.05) is 4.47 Å². The Labute approximate surface area is 124 Å². The van der Waals surface area contributed by atoms with Crippen molar-refractivity contribution in [2.45, 2.75) is 45.1 Å². The van der Waals surface area contributed by atoms with E-state index in [1.807, 2.05) is 24.3 Å². The largest absolute Gasteiger partial charge is 0.494 e. The van der Waals surface area contributed by atoms with E-state index < -0.39 is 0 Å². The van der Waals surface area contributed by atoms with Gasteiger partial charge in [-0.1, -0.05) is 29.3 Å². The van der Waals surface area contributed by atoms with Crippen LogP contribution in [0.1, 0.15) is 39.0 Å². The lowest BCUT2D eigenvalue weighted by atomic mass is 9.77. The molecule has 1 N–H and O–H groups in total. The maximum atomic E-state index is 10.1. The van der Waals surface area contributed by atoms with Crippen LogP contribution in [0.25, 0.3) is 0 Å². The van der Waals surface area contributed by atoms with Crippen molar-refractivity contribution in [1.29, 1.82) is 0 Å². The van der Waals surface area contributed by atoms with Crippen LogP contribution in [0.15, 0.2) is 28.7 Å². The molecule has 0 saturated heterocycles. The van der Waals surface area contributed by atoms with Crippen LogP contribution >= 0.6 is 15.9 Å². The molecule has 19 heavy (non-hydrogen) atoms. The Morgan fingerprint density at radius 2 is 2.00 bits per heavy atom. The monoisotopic (exact) mass is 326 g/mol. The second kappa shape index (κ2) is 7.30. The fourth-order valence-electron chi connectivity index (χ4n) is 2.89. The van der Waals surface area contributed by atoms with Gasteiger partial charge >= 0.3 is 0 Å². The topological polar surface area (TPSA) is 29.5 Å². The van der Waals surface area contributed by atoms with Gasteiger partial charge in [-0.25, -0.2) is 0 Å².